The van der Waals surface area contributed by atoms with Crippen molar-refractivity contribution in [2.24, 2.45) is 0 Å². The van der Waals surface area contributed by atoms with E-state index in [0.29, 0.717) is 22.6 Å². The van der Waals surface area contributed by atoms with Gasteiger partial charge in [-0.25, -0.2) is 4.98 Å². The predicted octanol–water partition coefficient (Wildman–Crippen LogP) is 5.01. The van der Waals surface area contributed by atoms with E-state index < -0.39 is 0 Å². The molecule has 0 aliphatic rings. The summed E-state index contributed by atoms with van der Waals surface area (Å²) in [7, 11) is 0. The summed E-state index contributed by atoms with van der Waals surface area (Å²) in [5.74, 6) is 0.560. The van der Waals surface area contributed by atoms with Crippen LogP contribution in [0.5, 0.6) is 0 Å². The van der Waals surface area contributed by atoms with E-state index in [0.717, 1.165) is 21.2 Å². The number of carbonyl (C=O) groups excluding carboxylic acids is 1. The quantitative estimate of drug-likeness (QED) is 0.395. The predicted molar refractivity (Wildman–Crippen MR) is 116 cm³/mol. The zero-order valence-electron chi connectivity index (χ0n) is 15.1. The summed E-state index contributed by atoms with van der Waals surface area (Å²) >= 11 is 3.43. The summed E-state index contributed by atoms with van der Waals surface area (Å²) in [6, 6.07) is 22.5. The van der Waals surface area contributed by atoms with Gasteiger partial charge in [0.25, 0.3) is 0 Å². The van der Waals surface area contributed by atoms with Gasteiger partial charge in [-0.3, -0.25) is 9.20 Å². The van der Waals surface area contributed by atoms with Crippen molar-refractivity contribution in [1.82, 2.24) is 19.6 Å². The van der Waals surface area contributed by atoms with Crippen LogP contribution in [0.25, 0.3) is 16.7 Å². The van der Waals surface area contributed by atoms with E-state index in [9.17, 15) is 4.79 Å². The van der Waals surface area contributed by atoms with Crippen LogP contribution in [-0.2, 0) is 0 Å². The molecule has 0 spiro atoms. The normalized spacial score (nSPS) is 11.1. The van der Waals surface area contributed by atoms with Crippen molar-refractivity contribution in [2.75, 3.05) is 5.32 Å². The molecule has 0 unspecified atom stereocenters. The first-order chi connectivity index (χ1) is 14.2. The van der Waals surface area contributed by atoms with Crippen molar-refractivity contribution in [3.05, 3.63) is 94.7 Å². The van der Waals surface area contributed by atoms with E-state index in [4.69, 9.17) is 4.98 Å². The molecule has 5 rings (SSSR count). The van der Waals surface area contributed by atoms with Gasteiger partial charge in [0.15, 0.2) is 11.6 Å². The van der Waals surface area contributed by atoms with Gasteiger partial charge in [-0.2, -0.15) is 0 Å². The number of nitrogens with zero attached hydrogens (tertiary/aromatic N) is 4. The van der Waals surface area contributed by atoms with E-state index in [1.54, 1.807) is 12.4 Å². The number of ketones is 1. The molecule has 140 valence electrons. The number of anilines is 2. The fourth-order valence-corrected chi connectivity index (χ4v) is 3.47. The first-order valence-corrected chi connectivity index (χ1v) is 9.74. The van der Waals surface area contributed by atoms with Gasteiger partial charge >= 0.3 is 0 Å². The Balaban J connectivity index is 1.61. The standard InChI is InChI=1S/C22H14BrN5O/c23-16-7-9-17(10-8-16)25-21-22-27-24-13-28(22)19-12-15(6-11-18(19)26-21)20(29)14-4-2-1-3-5-14/h1-13H,(H,25,26). The number of nitrogens with one attached hydrogen (secondary N) is 1. The molecule has 0 saturated carbocycles. The SMILES string of the molecule is O=C(c1ccccc1)c1ccc2nc(Nc3ccc(Br)cc3)c3nncn3c2c1. The number of halogens is 1. The van der Waals surface area contributed by atoms with Crippen LogP contribution < -0.4 is 5.32 Å². The van der Waals surface area contributed by atoms with E-state index >= 15 is 0 Å². The highest BCUT2D eigenvalue weighted by molar-refractivity contribution is 9.10. The molecule has 0 aliphatic carbocycles. The van der Waals surface area contributed by atoms with Crippen molar-refractivity contribution in [1.29, 1.82) is 0 Å². The lowest BCUT2D eigenvalue weighted by atomic mass is 10.0. The second kappa shape index (κ2) is 7.10. The lowest BCUT2D eigenvalue weighted by Gasteiger charge is -2.10. The lowest BCUT2D eigenvalue weighted by Crippen LogP contribution is -2.04. The van der Waals surface area contributed by atoms with Gasteiger partial charge in [0.2, 0.25) is 5.65 Å². The Hall–Kier alpha value is -3.58. The van der Waals surface area contributed by atoms with E-state index in [1.807, 2.05) is 71.1 Å². The minimum Gasteiger partial charge on any atom is -0.337 e. The third kappa shape index (κ3) is 3.25. The topological polar surface area (TPSA) is 72.2 Å². The number of aromatic nitrogens is 4. The van der Waals surface area contributed by atoms with Crippen molar-refractivity contribution in [3.63, 3.8) is 0 Å². The van der Waals surface area contributed by atoms with Gasteiger partial charge in [-0.1, -0.05) is 46.3 Å². The van der Waals surface area contributed by atoms with Crippen LogP contribution in [0.2, 0.25) is 0 Å². The third-order valence-corrected chi connectivity index (χ3v) is 5.16. The first-order valence-electron chi connectivity index (χ1n) is 8.95. The van der Waals surface area contributed by atoms with Crippen LogP contribution >= 0.6 is 15.9 Å². The maximum atomic E-state index is 12.8. The molecule has 0 amide bonds. The summed E-state index contributed by atoms with van der Waals surface area (Å²) in [5, 5.41) is 11.5. The second-order valence-corrected chi connectivity index (χ2v) is 7.43. The van der Waals surface area contributed by atoms with Gasteiger partial charge in [0, 0.05) is 21.3 Å². The minimum atomic E-state index is -0.0363. The summed E-state index contributed by atoms with van der Waals surface area (Å²) in [4.78, 5) is 17.5. The largest absolute Gasteiger partial charge is 0.337 e. The number of hydrogen-bond acceptors (Lipinski definition) is 5. The molecular formula is C22H14BrN5O. The summed E-state index contributed by atoms with van der Waals surface area (Å²) in [6.07, 6.45) is 1.63. The Morgan fingerprint density at radius 2 is 1.72 bits per heavy atom. The highest BCUT2D eigenvalue weighted by atomic mass is 79.9. The second-order valence-electron chi connectivity index (χ2n) is 6.52. The Labute approximate surface area is 174 Å². The Bertz CT molecular complexity index is 1350. The van der Waals surface area contributed by atoms with Crippen LogP contribution in [0, 0.1) is 0 Å². The molecule has 0 atom stereocenters. The number of hydrogen-bond donors (Lipinski definition) is 1. The molecule has 2 aromatic heterocycles. The molecule has 5 aromatic rings. The lowest BCUT2D eigenvalue weighted by molar-refractivity contribution is 0.103. The van der Waals surface area contributed by atoms with Crippen LogP contribution in [0.3, 0.4) is 0 Å². The minimum absolute atomic E-state index is 0.0363. The van der Waals surface area contributed by atoms with Crippen molar-refractivity contribution < 1.29 is 4.79 Å². The highest BCUT2D eigenvalue weighted by Gasteiger charge is 2.14. The highest BCUT2D eigenvalue weighted by Crippen LogP contribution is 2.25. The number of fused-ring (bicyclic) bond motifs is 3. The van der Waals surface area contributed by atoms with Crippen molar-refractivity contribution in [3.8, 4) is 0 Å². The van der Waals surface area contributed by atoms with Gasteiger partial charge in [0.05, 0.1) is 11.0 Å². The molecule has 0 saturated heterocycles. The monoisotopic (exact) mass is 443 g/mol. The van der Waals surface area contributed by atoms with Crippen molar-refractivity contribution >= 4 is 49.9 Å². The molecule has 1 N–H and O–H groups in total. The summed E-state index contributed by atoms with van der Waals surface area (Å²) < 4.78 is 2.84. The number of rotatable bonds is 4. The fourth-order valence-electron chi connectivity index (χ4n) is 3.21. The van der Waals surface area contributed by atoms with Crippen molar-refractivity contribution in [2.45, 2.75) is 0 Å². The zero-order valence-corrected chi connectivity index (χ0v) is 16.7. The molecular weight excluding hydrogens is 430 g/mol. The molecule has 29 heavy (non-hydrogen) atoms. The molecule has 0 fully saturated rings. The molecule has 3 aromatic carbocycles. The van der Waals surface area contributed by atoms with Gasteiger partial charge in [0.1, 0.15) is 6.33 Å². The molecule has 6 nitrogen and oxygen atoms in total. The maximum Gasteiger partial charge on any atom is 0.204 e. The van der Waals surface area contributed by atoms with Gasteiger partial charge in [-0.05, 0) is 42.5 Å². The Morgan fingerprint density at radius 1 is 0.931 bits per heavy atom. The van der Waals surface area contributed by atoms with Crippen LogP contribution in [0.1, 0.15) is 15.9 Å². The van der Waals surface area contributed by atoms with Crippen LogP contribution in [0.4, 0.5) is 11.5 Å². The van der Waals surface area contributed by atoms with E-state index in [-0.39, 0.29) is 5.78 Å². The van der Waals surface area contributed by atoms with Gasteiger partial charge < -0.3 is 5.32 Å². The first kappa shape index (κ1) is 17.5. The fraction of sp³-hybridized carbons (Fsp3) is 0. The molecule has 0 aliphatic heterocycles. The molecule has 2 heterocycles. The Morgan fingerprint density at radius 3 is 2.52 bits per heavy atom. The van der Waals surface area contributed by atoms with Gasteiger partial charge in [-0.15, -0.1) is 10.2 Å². The number of benzene rings is 3. The zero-order chi connectivity index (χ0) is 19.8. The maximum absolute atomic E-state index is 12.8. The summed E-state index contributed by atoms with van der Waals surface area (Å²) in [5.41, 5.74) is 4.22. The summed E-state index contributed by atoms with van der Waals surface area (Å²) in [6.45, 7) is 0. The smallest absolute Gasteiger partial charge is 0.204 e. The molecule has 0 bridgehead atoms. The molecule has 0 radical (unpaired) electrons. The van der Waals surface area contributed by atoms with E-state index in [2.05, 4.69) is 31.4 Å². The van der Waals surface area contributed by atoms with Crippen LogP contribution in [-0.4, -0.2) is 25.4 Å². The van der Waals surface area contributed by atoms with E-state index in [1.165, 1.54) is 0 Å². The third-order valence-electron chi connectivity index (χ3n) is 4.63. The average Bonchev–Trinajstić information content (AvgIpc) is 3.26. The Kier molecular flexibility index (Phi) is 4.29. The number of carbonyl (C=O) groups is 1. The average molecular weight is 444 g/mol. The van der Waals surface area contributed by atoms with Crippen LogP contribution in [0.15, 0.2) is 83.6 Å². The molecule has 7 heteroatoms.